The Morgan fingerprint density at radius 3 is 2.40 bits per heavy atom. The minimum Gasteiger partial charge on any atom is -0.395 e. The summed E-state index contributed by atoms with van der Waals surface area (Å²) in [5.74, 6) is 1.46. The summed E-state index contributed by atoms with van der Waals surface area (Å²) in [6.45, 7) is 9.77. The fraction of sp³-hybridized carbons (Fsp3) is 0.714. The van der Waals surface area contributed by atoms with Gasteiger partial charge < -0.3 is 14.7 Å². The van der Waals surface area contributed by atoms with Gasteiger partial charge in [-0.05, 0) is 6.92 Å². The molecule has 1 N–H and O–H groups in total. The van der Waals surface area contributed by atoms with E-state index in [1.807, 2.05) is 32.6 Å². The molecule has 0 aliphatic rings. The third kappa shape index (κ3) is 4.30. The van der Waals surface area contributed by atoms with Crippen LogP contribution in [-0.2, 0) is 10.2 Å². The van der Waals surface area contributed by atoms with Crippen molar-refractivity contribution < 1.29 is 9.84 Å². The van der Waals surface area contributed by atoms with E-state index in [9.17, 15) is 5.11 Å². The lowest BCUT2D eigenvalue weighted by Crippen LogP contribution is -2.32. The molecule has 1 aromatic heterocycles. The second-order valence-electron chi connectivity index (χ2n) is 5.74. The predicted molar refractivity (Wildman–Crippen MR) is 81.7 cm³/mol. The first-order valence-corrected chi connectivity index (χ1v) is 7.08. The summed E-state index contributed by atoms with van der Waals surface area (Å²) in [5, 5.41) is 9.69. The molecule has 1 heterocycles. The Kier molecular flexibility index (Phi) is 6.17. The van der Waals surface area contributed by atoms with Crippen molar-refractivity contribution in [2.75, 3.05) is 38.3 Å². The van der Waals surface area contributed by atoms with Crippen LogP contribution in [0.1, 0.15) is 32.2 Å². The number of aliphatic hydroxyl groups is 1. The Morgan fingerprint density at radius 2 is 1.90 bits per heavy atom. The first-order valence-electron chi connectivity index (χ1n) is 6.70. The molecule has 0 radical (unpaired) electrons. The van der Waals surface area contributed by atoms with E-state index in [1.165, 1.54) is 0 Å². The largest absolute Gasteiger partial charge is 0.395 e. The molecular formula is C14H24ClN3O2. The topological polar surface area (TPSA) is 58.5 Å². The molecule has 1 aromatic rings. The smallest absolute Gasteiger partial charge is 0.137 e. The van der Waals surface area contributed by atoms with Crippen molar-refractivity contribution in [2.45, 2.75) is 33.1 Å². The highest BCUT2D eigenvalue weighted by Gasteiger charge is 2.22. The normalized spacial score (nSPS) is 11.8. The van der Waals surface area contributed by atoms with E-state index in [1.54, 1.807) is 7.11 Å². The first-order chi connectivity index (χ1) is 9.31. The Morgan fingerprint density at radius 1 is 1.25 bits per heavy atom. The van der Waals surface area contributed by atoms with Gasteiger partial charge in [0.15, 0.2) is 0 Å². The molecule has 114 valence electrons. The van der Waals surface area contributed by atoms with Gasteiger partial charge in [-0.1, -0.05) is 32.4 Å². The monoisotopic (exact) mass is 301 g/mol. The molecule has 0 fully saturated rings. The average Bonchev–Trinajstić information content (AvgIpc) is 2.36. The van der Waals surface area contributed by atoms with Gasteiger partial charge in [0.05, 0.1) is 13.2 Å². The molecule has 0 aliphatic carbocycles. The van der Waals surface area contributed by atoms with Crippen molar-refractivity contribution in [3.8, 4) is 0 Å². The molecular weight excluding hydrogens is 278 g/mol. The van der Waals surface area contributed by atoms with E-state index in [2.05, 4.69) is 9.97 Å². The van der Waals surface area contributed by atoms with Crippen molar-refractivity contribution in [1.82, 2.24) is 9.97 Å². The summed E-state index contributed by atoms with van der Waals surface area (Å²) in [6, 6.07) is 0. The van der Waals surface area contributed by atoms with Crippen molar-refractivity contribution >= 4 is 17.4 Å². The van der Waals surface area contributed by atoms with E-state index >= 15 is 0 Å². The van der Waals surface area contributed by atoms with Crippen LogP contribution >= 0.6 is 11.6 Å². The van der Waals surface area contributed by atoms with Crippen LogP contribution in [0.2, 0.25) is 5.15 Å². The lowest BCUT2D eigenvalue weighted by molar-refractivity contribution is 0.202. The molecule has 0 saturated carbocycles. The van der Waals surface area contributed by atoms with Gasteiger partial charge in [-0.2, -0.15) is 0 Å². The number of hydrogen-bond donors (Lipinski definition) is 1. The maximum Gasteiger partial charge on any atom is 0.137 e. The summed E-state index contributed by atoms with van der Waals surface area (Å²) >= 11 is 6.23. The van der Waals surface area contributed by atoms with Crippen LogP contribution in [-0.4, -0.2) is 48.5 Å². The Bertz CT molecular complexity index is 447. The van der Waals surface area contributed by atoms with Crippen molar-refractivity contribution in [3.63, 3.8) is 0 Å². The highest BCUT2D eigenvalue weighted by atomic mass is 35.5. The Labute approximate surface area is 125 Å². The zero-order chi connectivity index (χ0) is 15.3. The van der Waals surface area contributed by atoms with E-state index < -0.39 is 0 Å². The van der Waals surface area contributed by atoms with E-state index in [0.29, 0.717) is 30.7 Å². The molecule has 0 unspecified atom stereocenters. The molecule has 20 heavy (non-hydrogen) atoms. The van der Waals surface area contributed by atoms with Crippen molar-refractivity contribution in [1.29, 1.82) is 0 Å². The van der Waals surface area contributed by atoms with Gasteiger partial charge in [-0.3, -0.25) is 0 Å². The minimum atomic E-state index is -0.182. The Hall–Kier alpha value is -0.910. The lowest BCUT2D eigenvalue weighted by atomic mass is 9.95. The third-order valence-corrected chi connectivity index (χ3v) is 3.33. The van der Waals surface area contributed by atoms with Crippen LogP contribution < -0.4 is 4.90 Å². The molecule has 0 amide bonds. The number of aliphatic hydroxyl groups excluding tert-OH is 1. The van der Waals surface area contributed by atoms with Crippen LogP contribution in [0.4, 0.5) is 5.82 Å². The van der Waals surface area contributed by atoms with Crippen molar-refractivity contribution in [2.24, 2.45) is 0 Å². The quantitative estimate of drug-likeness (QED) is 0.816. The standard InChI is InChI=1S/C14H24ClN3O2/c1-10-11(15)16-13(14(2,3)4)17-12(10)18(6-8-19)7-9-20-5/h19H,6-9H2,1-5H3. The average molecular weight is 302 g/mol. The zero-order valence-electron chi connectivity index (χ0n) is 12.9. The summed E-state index contributed by atoms with van der Waals surface area (Å²) in [5.41, 5.74) is 0.641. The molecule has 0 bridgehead atoms. The highest BCUT2D eigenvalue weighted by Crippen LogP contribution is 2.28. The molecule has 0 saturated heterocycles. The van der Waals surface area contributed by atoms with E-state index in [4.69, 9.17) is 16.3 Å². The molecule has 5 nitrogen and oxygen atoms in total. The van der Waals surface area contributed by atoms with Gasteiger partial charge in [0, 0.05) is 31.2 Å². The van der Waals surface area contributed by atoms with E-state index in [0.717, 1.165) is 11.4 Å². The van der Waals surface area contributed by atoms with Crippen LogP contribution in [0.3, 0.4) is 0 Å². The maximum absolute atomic E-state index is 9.23. The fourth-order valence-corrected chi connectivity index (χ4v) is 1.93. The zero-order valence-corrected chi connectivity index (χ0v) is 13.7. The number of hydrogen-bond acceptors (Lipinski definition) is 5. The van der Waals surface area contributed by atoms with Crippen LogP contribution in [0.15, 0.2) is 0 Å². The lowest BCUT2D eigenvalue weighted by Gasteiger charge is -2.27. The number of nitrogens with zero attached hydrogens (tertiary/aromatic N) is 3. The van der Waals surface area contributed by atoms with Crippen molar-refractivity contribution in [3.05, 3.63) is 16.5 Å². The fourth-order valence-electron chi connectivity index (χ4n) is 1.77. The van der Waals surface area contributed by atoms with Gasteiger partial charge in [0.1, 0.15) is 16.8 Å². The maximum atomic E-state index is 9.23. The summed E-state index contributed by atoms with van der Waals surface area (Å²) in [6.07, 6.45) is 0. The predicted octanol–water partition coefficient (Wildman–Crippen LogP) is 2.18. The van der Waals surface area contributed by atoms with Gasteiger partial charge >= 0.3 is 0 Å². The summed E-state index contributed by atoms with van der Waals surface area (Å²) in [4.78, 5) is 11.0. The number of rotatable bonds is 6. The molecule has 6 heteroatoms. The van der Waals surface area contributed by atoms with Crippen LogP contribution in [0, 0.1) is 6.92 Å². The minimum absolute atomic E-state index is 0.0512. The summed E-state index contributed by atoms with van der Waals surface area (Å²) < 4.78 is 5.11. The van der Waals surface area contributed by atoms with Gasteiger partial charge in [0.25, 0.3) is 0 Å². The van der Waals surface area contributed by atoms with Gasteiger partial charge in [0.2, 0.25) is 0 Å². The number of aromatic nitrogens is 2. The molecule has 1 rings (SSSR count). The number of halogens is 1. The van der Waals surface area contributed by atoms with E-state index in [-0.39, 0.29) is 12.0 Å². The second-order valence-corrected chi connectivity index (χ2v) is 6.10. The molecule has 0 spiro atoms. The van der Waals surface area contributed by atoms with Gasteiger partial charge in [-0.25, -0.2) is 9.97 Å². The van der Waals surface area contributed by atoms with Gasteiger partial charge in [-0.15, -0.1) is 0 Å². The number of ether oxygens (including phenoxy) is 1. The van der Waals surface area contributed by atoms with Crippen LogP contribution in [0.25, 0.3) is 0 Å². The molecule has 0 aliphatic heterocycles. The molecule has 0 atom stereocenters. The highest BCUT2D eigenvalue weighted by molar-refractivity contribution is 6.30. The Balaban J connectivity index is 3.21. The number of anilines is 1. The number of methoxy groups -OCH3 is 1. The third-order valence-electron chi connectivity index (χ3n) is 2.97. The second kappa shape index (κ2) is 7.20. The SMILES string of the molecule is COCCN(CCO)c1nc(C(C)(C)C)nc(Cl)c1C. The summed E-state index contributed by atoms with van der Waals surface area (Å²) in [7, 11) is 1.65. The molecule has 0 aromatic carbocycles. The van der Waals surface area contributed by atoms with Crippen LogP contribution in [0.5, 0.6) is 0 Å². The first kappa shape index (κ1) is 17.1.